The van der Waals surface area contributed by atoms with Crippen LogP contribution in [0.25, 0.3) is 0 Å². The fourth-order valence-corrected chi connectivity index (χ4v) is 3.46. The number of carbonyl (C=O) groups is 1. The van der Waals surface area contributed by atoms with Gasteiger partial charge in [-0.2, -0.15) is 0 Å². The van der Waals surface area contributed by atoms with Crippen molar-refractivity contribution in [2.45, 2.75) is 19.8 Å². The first-order valence-corrected chi connectivity index (χ1v) is 9.37. The minimum Gasteiger partial charge on any atom is -0.492 e. The van der Waals surface area contributed by atoms with Crippen LogP contribution in [0.15, 0.2) is 36.4 Å². The number of ether oxygens (including phenoxy) is 3. The van der Waals surface area contributed by atoms with Gasteiger partial charge in [-0.3, -0.25) is 4.79 Å². The van der Waals surface area contributed by atoms with E-state index in [0.717, 1.165) is 35.7 Å². The van der Waals surface area contributed by atoms with Gasteiger partial charge in [-0.05, 0) is 44.0 Å². The third-order valence-corrected chi connectivity index (χ3v) is 4.84. The molecule has 4 rings (SSSR count). The van der Waals surface area contributed by atoms with Gasteiger partial charge in [-0.25, -0.2) is 0 Å². The SMILES string of the molecule is Cc1ccc(N2CCCC2)c(C(=O)NCCOc2ccc3c(c2)OCO3)c1. The number of nitrogens with zero attached hydrogens (tertiary/aromatic N) is 1. The molecule has 2 aliphatic heterocycles. The zero-order valence-electron chi connectivity index (χ0n) is 15.5. The lowest BCUT2D eigenvalue weighted by molar-refractivity contribution is 0.0947. The topological polar surface area (TPSA) is 60.0 Å². The first kappa shape index (κ1) is 17.5. The minimum absolute atomic E-state index is 0.0603. The Balaban J connectivity index is 1.33. The molecule has 27 heavy (non-hydrogen) atoms. The maximum absolute atomic E-state index is 12.7. The van der Waals surface area contributed by atoms with E-state index in [-0.39, 0.29) is 12.7 Å². The van der Waals surface area contributed by atoms with Crippen LogP contribution in [0, 0.1) is 6.92 Å². The predicted octanol–water partition coefficient (Wildman–Crippen LogP) is 3.13. The molecule has 1 N–H and O–H groups in total. The second-order valence-electron chi connectivity index (χ2n) is 6.83. The summed E-state index contributed by atoms with van der Waals surface area (Å²) in [5.74, 6) is 2.05. The smallest absolute Gasteiger partial charge is 0.253 e. The lowest BCUT2D eigenvalue weighted by atomic mass is 10.1. The van der Waals surface area contributed by atoms with E-state index in [1.54, 1.807) is 6.07 Å². The Morgan fingerprint density at radius 2 is 1.93 bits per heavy atom. The maximum Gasteiger partial charge on any atom is 0.253 e. The molecule has 2 aromatic rings. The van der Waals surface area contributed by atoms with Crippen LogP contribution >= 0.6 is 0 Å². The monoisotopic (exact) mass is 368 g/mol. The molecule has 2 aliphatic rings. The van der Waals surface area contributed by atoms with Gasteiger partial charge in [-0.1, -0.05) is 11.6 Å². The third kappa shape index (κ3) is 3.94. The van der Waals surface area contributed by atoms with Gasteiger partial charge in [0, 0.05) is 24.8 Å². The number of carbonyl (C=O) groups excluding carboxylic acids is 1. The van der Waals surface area contributed by atoms with E-state index in [4.69, 9.17) is 14.2 Å². The standard InChI is InChI=1S/C21H24N2O4/c1-15-4-6-18(23-9-2-3-10-23)17(12-15)21(24)22-8-11-25-16-5-7-19-20(13-16)27-14-26-19/h4-7,12-13H,2-3,8-11,14H2,1H3,(H,22,24). The molecule has 2 aromatic carbocycles. The number of fused-ring (bicyclic) bond motifs is 1. The molecule has 0 saturated carbocycles. The summed E-state index contributed by atoms with van der Waals surface area (Å²) in [6.07, 6.45) is 2.36. The van der Waals surface area contributed by atoms with Crippen molar-refractivity contribution < 1.29 is 19.0 Å². The normalized spacial score (nSPS) is 15.1. The lowest BCUT2D eigenvalue weighted by Crippen LogP contribution is -2.30. The molecule has 0 aliphatic carbocycles. The Bertz CT molecular complexity index is 831. The van der Waals surface area contributed by atoms with Crippen molar-refractivity contribution in [3.8, 4) is 17.2 Å². The van der Waals surface area contributed by atoms with Crippen LogP contribution in [0.1, 0.15) is 28.8 Å². The van der Waals surface area contributed by atoms with Crippen LogP contribution in [-0.2, 0) is 0 Å². The predicted molar refractivity (Wildman–Crippen MR) is 103 cm³/mol. The maximum atomic E-state index is 12.7. The van der Waals surface area contributed by atoms with Crippen molar-refractivity contribution in [1.82, 2.24) is 5.32 Å². The summed E-state index contributed by atoms with van der Waals surface area (Å²) < 4.78 is 16.3. The Morgan fingerprint density at radius 3 is 2.78 bits per heavy atom. The summed E-state index contributed by atoms with van der Waals surface area (Å²) >= 11 is 0. The average Bonchev–Trinajstić information content (AvgIpc) is 3.36. The highest BCUT2D eigenvalue weighted by Gasteiger charge is 2.19. The second-order valence-corrected chi connectivity index (χ2v) is 6.83. The number of nitrogens with one attached hydrogen (secondary N) is 1. The largest absolute Gasteiger partial charge is 0.492 e. The first-order valence-electron chi connectivity index (χ1n) is 9.37. The van der Waals surface area contributed by atoms with Gasteiger partial charge in [0.2, 0.25) is 6.79 Å². The molecule has 0 unspecified atom stereocenters. The highest BCUT2D eigenvalue weighted by molar-refractivity contribution is 6.00. The van der Waals surface area contributed by atoms with Crippen molar-refractivity contribution in [1.29, 1.82) is 0 Å². The summed E-state index contributed by atoms with van der Waals surface area (Å²) in [5, 5.41) is 2.97. The quantitative estimate of drug-likeness (QED) is 0.794. The van der Waals surface area contributed by atoms with Crippen LogP contribution in [-0.4, -0.2) is 38.9 Å². The van der Waals surface area contributed by atoms with Gasteiger partial charge in [0.05, 0.1) is 12.1 Å². The zero-order valence-corrected chi connectivity index (χ0v) is 15.5. The number of hydrogen-bond acceptors (Lipinski definition) is 5. The van der Waals surface area contributed by atoms with Crippen LogP contribution in [0.5, 0.6) is 17.2 Å². The molecular weight excluding hydrogens is 344 g/mol. The highest BCUT2D eigenvalue weighted by atomic mass is 16.7. The summed E-state index contributed by atoms with van der Waals surface area (Å²) in [6.45, 7) is 5.09. The van der Waals surface area contributed by atoms with Crippen LogP contribution in [0.4, 0.5) is 5.69 Å². The lowest BCUT2D eigenvalue weighted by Gasteiger charge is -2.21. The second kappa shape index (κ2) is 7.78. The number of anilines is 1. The van der Waals surface area contributed by atoms with Gasteiger partial charge in [0.25, 0.3) is 5.91 Å². The Labute approximate surface area is 159 Å². The van der Waals surface area contributed by atoms with E-state index in [0.29, 0.717) is 24.7 Å². The van der Waals surface area contributed by atoms with Crippen molar-refractivity contribution in [2.75, 3.05) is 37.9 Å². The Kier molecular flexibility index (Phi) is 5.05. The number of rotatable bonds is 6. The number of hydrogen-bond donors (Lipinski definition) is 1. The molecule has 0 bridgehead atoms. The van der Waals surface area contributed by atoms with E-state index in [9.17, 15) is 4.79 Å². The molecule has 142 valence electrons. The van der Waals surface area contributed by atoms with E-state index in [2.05, 4.69) is 22.3 Å². The van der Waals surface area contributed by atoms with E-state index < -0.39 is 0 Å². The first-order chi connectivity index (χ1) is 13.2. The molecule has 0 aromatic heterocycles. The molecular formula is C21H24N2O4. The van der Waals surface area contributed by atoms with Gasteiger partial charge in [-0.15, -0.1) is 0 Å². The van der Waals surface area contributed by atoms with Gasteiger partial charge >= 0.3 is 0 Å². The minimum atomic E-state index is -0.0603. The molecule has 1 fully saturated rings. The number of amides is 1. The molecule has 0 spiro atoms. The van der Waals surface area contributed by atoms with Crippen molar-refractivity contribution >= 4 is 11.6 Å². The van der Waals surface area contributed by atoms with Crippen LogP contribution in [0.2, 0.25) is 0 Å². The molecule has 1 saturated heterocycles. The van der Waals surface area contributed by atoms with Gasteiger partial charge < -0.3 is 24.4 Å². The Morgan fingerprint density at radius 1 is 1.11 bits per heavy atom. The number of benzene rings is 2. The van der Waals surface area contributed by atoms with Crippen LogP contribution < -0.4 is 24.4 Å². The van der Waals surface area contributed by atoms with Crippen LogP contribution in [0.3, 0.4) is 0 Å². The molecule has 0 radical (unpaired) electrons. The van der Waals surface area contributed by atoms with Crippen molar-refractivity contribution in [3.63, 3.8) is 0 Å². The Hall–Kier alpha value is -2.89. The van der Waals surface area contributed by atoms with E-state index in [1.165, 1.54) is 12.8 Å². The van der Waals surface area contributed by atoms with E-state index >= 15 is 0 Å². The average molecular weight is 368 g/mol. The molecule has 6 heteroatoms. The summed E-state index contributed by atoms with van der Waals surface area (Å²) in [7, 11) is 0. The third-order valence-electron chi connectivity index (χ3n) is 4.84. The molecule has 2 heterocycles. The van der Waals surface area contributed by atoms with Gasteiger partial charge in [0.1, 0.15) is 12.4 Å². The fraction of sp³-hybridized carbons (Fsp3) is 0.381. The fourth-order valence-electron chi connectivity index (χ4n) is 3.46. The summed E-state index contributed by atoms with van der Waals surface area (Å²) in [6, 6.07) is 11.5. The highest BCUT2D eigenvalue weighted by Crippen LogP contribution is 2.35. The van der Waals surface area contributed by atoms with Crippen molar-refractivity contribution in [2.24, 2.45) is 0 Å². The molecule has 1 amide bonds. The van der Waals surface area contributed by atoms with Crippen molar-refractivity contribution in [3.05, 3.63) is 47.5 Å². The summed E-state index contributed by atoms with van der Waals surface area (Å²) in [5.41, 5.74) is 2.84. The van der Waals surface area contributed by atoms with E-state index in [1.807, 2.05) is 25.1 Å². The number of aryl methyl sites for hydroxylation is 1. The molecule has 0 atom stereocenters. The zero-order chi connectivity index (χ0) is 18.6. The summed E-state index contributed by atoms with van der Waals surface area (Å²) in [4.78, 5) is 15.0. The molecule has 6 nitrogen and oxygen atoms in total. The van der Waals surface area contributed by atoms with Gasteiger partial charge in [0.15, 0.2) is 11.5 Å².